The van der Waals surface area contributed by atoms with E-state index in [9.17, 15) is 4.79 Å². The number of nitrogens with zero attached hydrogens (tertiary/aromatic N) is 2. The molecule has 0 atom stereocenters. The number of hydrogen-bond donors (Lipinski definition) is 0. The van der Waals surface area contributed by atoms with Crippen molar-refractivity contribution in [3.05, 3.63) is 24.4 Å². The first-order chi connectivity index (χ1) is 6.33. The summed E-state index contributed by atoms with van der Waals surface area (Å²) in [7, 11) is 1.30. The first-order valence-corrected chi connectivity index (χ1v) is 3.59. The van der Waals surface area contributed by atoms with E-state index in [2.05, 4.69) is 14.7 Å². The molecular weight excluding hydrogens is 172 g/mol. The van der Waals surface area contributed by atoms with E-state index in [1.54, 1.807) is 6.07 Å². The summed E-state index contributed by atoms with van der Waals surface area (Å²) < 4.78 is 9.54. The molecule has 0 spiro atoms. The van der Waals surface area contributed by atoms with E-state index in [0.29, 0.717) is 11.1 Å². The first kappa shape index (κ1) is 7.72. The Balaban J connectivity index is 2.67. The molecule has 0 aromatic carbocycles. The van der Waals surface area contributed by atoms with Gasteiger partial charge >= 0.3 is 5.97 Å². The van der Waals surface area contributed by atoms with Crippen molar-refractivity contribution in [2.24, 2.45) is 0 Å². The van der Waals surface area contributed by atoms with Gasteiger partial charge in [0.05, 0.1) is 18.8 Å². The maximum absolute atomic E-state index is 11.2. The molecule has 0 bridgehead atoms. The number of methoxy groups -OCH3 is 1. The number of hydrogen-bond acceptors (Lipinski definition) is 5. The van der Waals surface area contributed by atoms with Gasteiger partial charge in [0.1, 0.15) is 6.33 Å². The maximum Gasteiger partial charge on any atom is 0.357 e. The zero-order valence-corrected chi connectivity index (χ0v) is 6.85. The number of fused-ring (bicyclic) bond motifs is 1. The summed E-state index contributed by atoms with van der Waals surface area (Å²) in [6.45, 7) is 0. The fourth-order valence-corrected chi connectivity index (χ4v) is 1.05. The molecule has 66 valence electrons. The largest absolute Gasteiger partial charge is 0.464 e. The predicted octanol–water partition coefficient (Wildman–Crippen LogP) is 1.01. The van der Waals surface area contributed by atoms with Gasteiger partial charge in [-0.1, -0.05) is 0 Å². The van der Waals surface area contributed by atoms with Gasteiger partial charge in [0.25, 0.3) is 0 Å². The normalized spacial score (nSPS) is 10.2. The number of furan rings is 1. The van der Waals surface area contributed by atoms with E-state index >= 15 is 0 Å². The van der Waals surface area contributed by atoms with E-state index in [1.807, 2.05) is 0 Å². The Labute approximate surface area is 73.4 Å². The Morgan fingerprint density at radius 1 is 1.54 bits per heavy atom. The third-order valence-corrected chi connectivity index (χ3v) is 1.64. The van der Waals surface area contributed by atoms with Gasteiger partial charge in [-0.05, 0) is 6.07 Å². The van der Waals surface area contributed by atoms with Gasteiger partial charge in [-0.15, -0.1) is 0 Å². The van der Waals surface area contributed by atoms with Crippen molar-refractivity contribution in [1.82, 2.24) is 9.97 Å². The molecule has 0 aliphatic heterocycles. The van der Waals surface area contributed by atoms with Gasteiger partial charge in [-0.2, -0.15) is 0 Å². The van der Waals surface area contributed by atoms with Gasteiger partial charge in [-0.25, -0.2) is 14.8 Å². The van der Waals surface area contributed by atoms with Gasteiger partial charge in [0.15, 0.2) is 5.69 Å². The molecule has 2 aromatic heterocycles. The Hall–Kier alpha value is -1.91. The number of ether oxygens (including phenoxy) is 1. The van der Waals surface area contributed by atoms with Crippen molar-refractivity contribution >= 4 is 17.1 Å². The van der Waals surface area contributed by atoms with Crippen LogP contribution in [0, 0.1) is 0 Å². The second-order valence-corrected chi connectivity index (χ2v) is 2.35. The minimum Gasteiger partial charge on any atom is -0.464 e. The van der Waals surface area contributed by atoms with Gasteiger partial charge in [0.2, 0.25) is 5.71 Å². The summed E-state index contributed by atoms with van der Waals surface area (Å²) in [6.07, 6.45) is 2.71. The molecule has 13 heavy (non-hydrogen) atoms. The molecule has 2 heterocycles. The zero-order valence-electron chi connectivity index (χ0n) is 6.85. The van der Waals surface area contributed by atoms with E-state index < -0.39 is 5.97 Å². The number of aromatic nitrogens is 2. The topological polar surface area (TPSA) is 65.2 Å². The standard InChI is InChI=1S/C8H6N2O3/c1-12-8(11)6-5-2-3-13-7(5)10-4-9-6/h2-4H,1H3. The monoisotopic (exact) mass is 178 g/mol. The highest BCUT2D eigenvalue weighted by Crippen LogP contribution is 2.15. The van der Waals surface area contributed by atoms with Crippen molar-refractivity contribution in [1.29, 1.82) is 0 Å². The fraction of sp³-hybridized carbons (Fsp3) is 0.125. The lowest BCUT2D eigenvalue weighted by Crippen LogP contribution is -2.04. The van der Waals surface area contributed by atoms with E-state index in [1.165, 1.54) is 19.7 Å². The lowest BCUT2D eigenvalue weighted by Gasteiger charge is -1.97. The van der Waals surface area contributed by atoms with Crippen LogP contribution in [-0.4, -0.2) is 23.0 Å². The highest BCUT2D eigenvalue weighted by Gasteiger charge is 2.13. The molecule has 0 saturated carbocycles. The van der Waals surface area contributed by atoms with Crippen LogP contribution in [0.3, 0.4) is 0 Å². The number of esters is 1. The zero-order chi connectivity index (χ0) is 9.26. The van der Waals surface area contributed by atoms with E-state index in [4.69, 9.17) is 4.42 Å². The number of rotatable bonds is 1. The molecule has 0 aliphatic carbocycles. The Morgan fingerprint density at radius 3 is 3.15 bits per heavy atom. The molecule has 2 aromatic rings. The first-order valence-electron chi connectivity index (χ1n) is 3.59. The summed E-state index contributed by atoms with van der Waals surface area (Å²) in [5, 5.41) is 0.564. The highest BCUT2D eigenvalue weighted by molar-refractivity contribution is 5.99. The lowest BCUT2D eigenvalue weighted by molar-refractivity contribution is 0.0596. The summed E-state index contributed by atoms with van der Waals surface area (Å²) in [6, 6.07) is 1.63. The smallest absolute Gasteiger partial charge is 0.357 e. The number of carbonyl (C=O) groups is 1. The van der Waals surface area contributed by atoms with Crippen LogP contribution >= 0.6 is 0 Å². The van der Waals surface area contributed by atoms with Crippen molar-refractivity contribution in [3.8, 4) is 0 Å². The molecule has 0 saturated heterocycles. The quantitative estimate of drug-likeness (QED) is 0.609. The molecule has 0 aliphatic rings. The van der Waals surface area contributed by atoms with Gasteiger partial charge in [-0.3, -0.25) is 0 Å². The summed E-state index contributed by atoms with van der Waals surface area (Å²) in [5.74, 6) is -0.492. The molecule has 5 nitrogen and oxygen atoms in total. The van der Waals surface area contributed by atoms with Crippen LogP contribution in [0.5, 0.6) is 0 Å². The number of carbonyl (C=O) groups excluding carboxylic acids is 1. The van der Waals surface area contributed by atoms with Crippen LogP contribution in [0.25, 0.3) is 11.1 Å². The Kier molecular flexibility index (Phi) is 1.70. The van der Waals surface area contributed by atoms with Gasteiger partial charge < -0.3 is 9.15 Å². The average molecular weight is 178 g/mol. The van der Waals surface area contributed by atoms with Crippen molar-refractivity contribution < 1.29 is 13.9 Å². The second kappa shape index (κ2) is 2.85. The minimum atomic E-state index is -0.492. The molecule has 0 unspecified atom stereocenters. The molecule has 5 heteroatoms. The third kappa shape index (κ3) is 1.14. The third-order valence-electron chi connectivity index (χ3n) is 1.64. The van der Waals surface area contributed by atoms with Crippen LogP contribution < -0.4 is 0 Å². The Morgan fingerprint density at radius 2 is 2.38 bits per heavy atom. The summed E-state index contributed by atoms with van der Waals surface area (Å²) in [4.78, 5) is 18.8. The van der Waals surface area contributed by atoms with Crippen LogP contribution in [0.4, 0.5) is 0 Å². The van der Waals surface area contributed by atoms with Gasteiger partial charge in [0, 0.05) is 0 Å². The van der Waals surface area contributed by atoms with Crippen LogP contribution in [0.1, 0.15) is 10.5 Å². The SMILES string of the molecule is COC(=O)c1ncnc2occc12. The summed E-state index contributed by atoms with van der Waals surface area (Å²) >= 11 is 0. The van der Waals surface area contributed by atoms with Crippen molar-refractivity contribution in [2.75, 3.05) is 7.11 Å². The second-order valence-electron chi connectivity index (χ2n) is 2.35. The van der Waals surface area contributed by atoms with Crippen LogP contribution in [0.15, 0.2) is 23.1 Å². The highest BCUT2D eigenvalue weighted by atomic mass is 16.5. The predicted molar refractivity (Wildman–Crippen MR) is 43.1 cm³/mol. The molecular formula is C8H6N2O3. The molecule has 2 rings (SSSR count). The minimum absolute atomic E-state index is 0.223. The molecule has 0 N–H and O–H groups in total. The lowest BCUT2D eigenvalue weighted by atomic mass is 10.3. The average Bonchev–Trinajstić information content (AvgIpc) is 2.63. The molecule has 0 fully saturated rings. The Bertz CT molecular complexity index is 449. The molecule has 0 radical (unpaired) electrons. The maximum atomic E-state index is 11.2. The van der Waals surface area contributed by atoms with E-state index in [-0.39, 0.29) is 5.69 Å². The van der Waals surface area contributed by atoms with Crippen LogP contribution in [0.2, 0.25) is 0 Å². The van der Waals surface area contributed by atoms with Crippen molar-refractivity contribution in [3.63, 3.8) is 0 Å². The van der Waals surface area contributed by atoms with Crippen LogP contribution in [-0.2, 0) is 4.74 Å². The van der Waals surface area contributed by atoms with Crippen molar-refractivity contribution in [2.45, 2.75) is 0 Å². The van der Waals surface area contributed by atoms with E-state index in [0.717, 1.165) is 0 Å². The fourth-order valence-electron chi connectivity index (χ4n) is 1.05. The molecule has 0 amide bonds. The summed E-state index contributed by atoms with van der Waals surface area (Å²) in [5.41, 5.74) is 0.608.